The molecule has 1 rings (SSSR count). The zero-order valence-corrected chi connectivity index (χ0v) is 19.8. The minimum atomic E-state index is -1.02. The Morgan fingerprint density at radius 1 is 0.967 bits per heavy atom. The summed E-state index contributed by atoms with van der Waals surface area (Å²) in [6.07, 6.45) is 15.5. The quantitative estimate of drug-likeness (QED) is 0.253. The van der Waals surface area contributed by atoms with Crippen LogP contribution in [0, 0.1) is 5.92 Å². The molecular formula is C25H47NO4. The summed E-state index contributed by atoms with van der Waals surface area (Å²) in [5, 5.41) is 10.9. The van der Waals surface area contributed by atoms with Crippen LogP contribution in [0.15, 0.2) is 0 Å². The Morgan fingerprint density at radius 3 is 2.23 bits per heavy atom. The van der Waals surface area contributed by atoms with Crippen LogP contribution in [0.1, 0.15) is 124 Å². The number of ketones is 1. The Kier molecular flexibility index (Phi) is 12.8. The molecule has 0 aliphatic heterocycles. The third-order valence-electron chi connectivity index (χ3n) is 6.76. The molecule has 3 N–H and O–H groups in total. The highest BCUT2D eigenvalue weighted by Crippen LogP contribution is 2.32. The number of unbranched alkanes of at least 4 members (excludes halogenated alkanes) is 4. The van der Waals surface area contributed by atoms with Crippen LogP contribution in [0.5, 0.6) is 0 Å². The lowest BCUT2D eigenvalue weighted by molar-refractivity contribution is -0.150. The minimum Gasteiger partial charge on any atom is -0.465 e. The smallest absolute Gasteiger partial charge is 0.326 e. The topological polar surface area (TPSA) is 89.6 Å². The Labute approximate surface area is 184 Å². The SMILES string of the molecule is CCOC(=O)C(N)(CCCCCCCC(C)=O)CCC(C)(O)CCC1CCCCC1. The molecule has 1 aliphatic carbocycles. The van der Waals surface area contributed by atoms with Gasteiger partial charge in [-0.3, -0.25) is 4.79 Å². The van der Waals surface area contributed by atoms with Gasteiger partial charge in [-0.2, -0.15) is 0 Å². The monoisotopic (exact) mass is 425 g/mol. The average molecular weight is 426 g/mol. The summed E-state index contributed by atoms with van der Waals surface area (Å²) in [7, 11) is 0. The third-order valence-corrected chi connectivity index (χ3v) is 6.76. The maximum atomic E-state index is 12.6. The van der Waals surface area contributed by atoms with E-state index in [9.17, 15) is 14.7 Å². The van der Waals surface area contributed by atoms with Gasteiger partial charge in [0.15, 0.2) is 0 Å². The number of ether oxygens (including phenoxy) is 1. The van der Waals surface area contributed by atoms with Crippen LogP contribution < -0.4 is 5.73 Å². The van der Waals surface area contributed by atoms with E-state index in [0.717, 1.165) is 50.9 Å². The van der Waals surface area contributed by atoms with E-state index in [0.29, 0.717) is 32.3 Å². The fraction of sp³-hybridized carbons (Fsp3) is 0.920. The minimum absolute atomic E-state index is 0.244. The lowest BCUT2D eigenvalue weighted by atomic mass is 9.79. The van der Waals surface area contributed by atoms with Crippen molar-refractivity contribution in [1.82, 2.24) is 0 Å². The molecule has 176 valence electrons. The van der Waals surface area contributed by atoms with E-state index in [1.165, 1.54) is 32.1 Å². The van der Waals surface area contributed by atoms with Crippen LogP contribution in [-0.4, -0.2) is 34.6 Å². The van der Waals surface area contributed by atoms with Crippen molar-refractivity contribution in [3.8, 4) is 0 Å². The van der Waals surface area contributed by atoms with Crippen LogP contribution in [-0.2, 0) is 14.3 Å². The Bertz CT molecular complexity index is 499. The zero-order valence-electron chi connectivity index (χ0n) is 19.8. The van der Waals surface area contributed by atoms with E-state index in [1.807, 2.05) is 6.92 Å². The summed E-state index contributed by atoms with van der Waals surface area (Å²) in [6, 6.07) is 0. The number of carbonyl (C=O) groups excluding carboxylic acids is 2. The van der Waals surface area contributed by atoms with E-state index < -0.39 is 11.1 Å². The summed E-state index contributed by atoms with van der Waals surface area (Å²) in [4.78, 5) is 23.6. The molecule has 5 nitrogen and oxygen atoms in total. The first-order chi connectivity index (χ1) is 14.2. The summed E-state index contributed by atoms with van der Waals surface area (Å²) in [6.45, 7) is 5.64. The molecule has 5 heteroatoms. The Hall–Kier alpha value is -0.940. The van der Waals surface area contributed by atoms with Crippen LogP contribution in [0.4, 0.5) is 0 Å². The number of hydrogen-bond acceptors (Lipinski definition) is 5. The van der Waals surface area contributed by atoms with E-state index >= 15 is 0 Å². The molecule has 0 radical (unpaired) electrons. The summed E-state index contributed by atoms with van der Waals surface area (Å²) in [5.41, 5.74) is 4.71. The average Bonchev–Trinajstić information content (AvgIpc) is 2.71. The third kappa shape index (κ3) is 11.5. The van der Waals surface area contributed by atoms with E-state index in [-0.39, 0.29) is 11.8 Å². The summed E-state index contributed by atoms with van der Waals surface area (Å²) in [5.74, 6) is 0.638. The van der Waals surface area contributed by atoms with Crippen molar-refractivity contribution in [2.75, 3.05) is 6.61 Å². The van der Waals surface area contributed by atoms with Crippen molar-refractivity contribution in [2.45, 2.75) is 135 Å². The van der Waals surface area contributed by atoms with E-state index in [2.05, 4.69) is 0 Å². The first kappa shape index (κ1) is 27.1. The summed E-state index contributed by atoms with van der Waals surface area (Å²) < 4.78 is 5.27. The molecule has 1 aliphatic rings. The highest BCUT2D eigenvalue weighted by molar-refractivity contribution is 5.80. The lowest BCUT2D eigenvalue weighted by Gasteiger charge is -2.32. The number of aliphatic hydroxyl groups is 1. The van der Waals surface area contributed by atoms with Crippen LogP contribution in [0.25, 0.3) is 0 Å². The number of Topliss-reactive ketones (excluding diaryl/α,β-unsaturated/α-hetero) is 1. The molecule has 30 heavy (non-hydrogen) atoms. The highest BCUT2D eigenvalue weighted by atomic mass is 16.5. The van der Waals surface area contributed by atoms with Crippen molar-refractivity contribution in [1.29, 1.82) is 0 Å². The molecule has 0 heterocycles. The van der Waals surface area contributed by atoms with Crippen molar-refractivity contribution in [2.24, 2.45) is 11.7 Å². The van der Waals surface area contributed by atoms with Gasteiger partial charge in [-0.1, -0.05) is 57.8 Å². The van der Waals surface area contributed by atoms with Gasteiger partial charge in [0.2, 0.25) is 0 Å². The van der Waals surface area contributed by atoms with Gasteiger partial charge < -0.3 is 20.4 Å². The molecule has 0 spiro atoms. The van der Waals surface area contributed by atoms with Gasteiger partial charge in [-0.25, -0.2) is 0 Å². The lowest BCUT2D eigenvalue weighted by Crippen LogP contribution is -2.50. The number of carbonyl (C=O) groups is 2. The van der Waals surface area contributed by atoms with Crippen molar-refractivity contribution in [3.05, 3.63) is 0 Å². The highest BCUT2D eigenvalue weighted by Gasteiger charge is 2.37. The fourth-order valence-electron chi connectivity index (χ4n) is 4.56. The predicted octanol–water partition coefficient (Wildman–Crippen LogP) is 5.46. The second-order valence-electron chi connectivity index (χ2n) is 9.89. The molecule has 0 bridgehead atoms. The van der Waals surface area contributed by atoms with Gasteiger partial charge in [0.05, 0.1) is 12.2 Å². The molecule has 0 saturated heterocycles. The molecule has 1 saturated carbocycles. The Balaban J connectivity index is 2.44. The zero-order chi connectivity index (χ0) is 22.5. The molecule has 2 unspecified atom stereocenters. The molecule has 2 atom stereocenters. The first-order valence-corrected chi connectivity index (χ1v) is 12.4. The molecule has 1 fully saturated rings. The van der Waals surface area contributed by atoms with Gasteiger partial charge >= 0.3 is 5.97 Å². The van der Waals surface area contributed by atoms with Gasteiger partial charge in [0.25, 0.3) is 0 Å². The number of nitrogens with two attached hydrogens (primary N) is 1. The van der Waals surface area contributed by atoms with Gasteiger partial charge in [0, 0.05) is 6.42 Å². The van der Waals surface area contributed by atoms with E-state index in [4.69, 9.17) is 10.5 Å². The standard InChI is InChI=1S/C25H47NO4/c1-4-30-23(28)25(26,17-12-7-5-6-9-13-21(2)27)20-19-24(3,29)18-16-22-14-10-8-11-15-22/h22,29H,4-20,26H2,1-3H3. The summed E-state index contributed by atoms with van der Waals surface area (Å²) >= 11 is 0. The Morgan fingerprint density at radius 2 is 1.60 bits per heavy atom. The van der Waals surface area contributed by atoms with Crippen LogP contribution >= 0.6 is 0 Å². The molecular weight excluding hydrogens is 378 g/mol. The normalized spacial score (nSPS) is 19.1. The molecule has 0 amide bonds. The molecule has 0 aromatic carbocycles. The second kappa shape index (κ2) is 14.2. The molecule has 0 aromatic rings. The molecule has 0 aromatic heterocycles. The number of esters is 1. The number of hydrogen-bond donors (Lipinski definition) is 2. The maximum absolute atomic E-state index is 12.6. The second-order valence-corrected chi connectivity index (χ2v) is 9.89. The number of rotatable bonds is 16. The van der Waals surface area contributed by atoms with Crippen molar-refractivity contribution < 1.29 is 19.4 Å². The van der Waals surface area contributed by atoms with Gasteiger partial charge in [0.1, 0.15) is 11.3 Å². The van der Waals surface area contributed by atoms with E-state index in [1.54, 1.807) is 13.8 Å². The van der Waals surface area contributed by atoms with Gasteiger partial charge in [-0.05, 0) is 65.2 Å². The first-order valence-electron chi connectivity index (χ1n) is 12.4. The van der Waals surface area contributed by atoms with Crippen LogP contribution in [0.2, 0.25) is 0 Å². The van der Waals surface area contributed by atoms with Crippen molar-refractivity contribution >= 4 is 11.8 Å². The fourth-order valence-corrected chi connectivity index (χ4v) is 4.56. The largest absolute Gasteiger partial charge is 0.465 e. The van der Waals surface area contributed by atoms with Crippen molar-refractivity contribution in [3.63, 3.8) is 0 Å². The maximum Gasteiger partial charge on any atom is 0.326 e. The van der Waals surface area contributed by atoms with Gasteiger partial charge in [-0.15, -0.1) is 0 Å². The predicted molar refractivity (Wildman–Crippen MR) is 122 cm³/mol. The van der Waals surface area contributed by atoms with Crippen LogP contribution in [0.3, 0.4) is 0 Å².